The molecule has 0 fully saturated rings. The molecule has 2 rings (SSSR count). The molecular formula is C14H14ClN3O3. The van der Waals surface area contributed by atoms with Gasteiger partial charge in [0.2, 0.25) is 5.88 Å². The van der Waals surface area contributed by atoms with E-state index in [9.17, 15) is 10.1 Å². The van der Waals surface area contributed by atoms with Crippen molar-refractivity contribution in [1.29, 1.82) is 0 Å². The van der Waals surface area contributed by atoms with Crippen molar-refractivity contribution in [2.75, 3.05) is 0 Å². The van der Waals surface area contributed by atoms with Crippen LogP contribution in [0.3, 0.4) is 0 Å². The summed E-state index contributed by atoms with van der Waals surface area (Å²) in [5.74, 6) is 0.857. The van der Waals surface area contributed by atoms with Crippen LogP contribution in [0.1, 0.15) is 24.5 Å². The SMILES string of the molecule is CCCc1c(Cl)ncnc1Oc1ccc([N+](=O)[O-])c(C)c1. The van der Waals surface area contributed by atoms with Crippen LogP contribution in [0, 0.1) is 17.0 Å². The van der Waals surface area contributed by atoms with Crippen LogP contribution >= 0.6 is 11.6 Å². The number of benzene rings is 1. The smallest absolute Gasteiger partial charge is 0.272 e. The van der Waals surface area contributed by atoms with Crippen molar-refractivity contribution >= 4 is 17.3 Å². The average molecular weight is 308 g/mol. The molecular weight excluding hydrogens is 294 g/mol. The monoisotopic (exact) mass is 307 g/mol. The van der Waals surface area contributed by atoms with Gasteiger partial charge in [-0.25, -0.2) is 9.97 Å². The topological polar surface area (TPSA) is 78.2 Å². The molecule has 1 aromatic heterocycles. The van der Waals surface area contributed by atoms with Crippen LogP contribution in [0.4, 0.5) is 5.69 Å². The first kappa shape index (κ1) is 15.2. The second-order valence-electron chi connectivity index (χ2n) is 4.51. The van der Waals surface area contributed by atoms with Gasteiger partial charge in [0.1, 0.15) is 17.2 Å². The van der Waals surface area contributed by atoms with Crippen molar-refractivity contribution in [3.63, 3.8) is 0 Å². The van der Waals surface area contributed by atoms with Gasteiger partial charge >= 0.3 is 0 Å². The fraction of sp³-hybridized carbons (Fsp3) is 0.286. The molecule has 0 N–H and O–H groups in total. The van der Waals surface area contributed by atoms with E-state index in [2.05, 4.69) is 9.97 Å². The molecule has 0 saturated heterocycles. The molecule has 0 atom stereocenters. The van der Waals surface area contributed by atoms with Gasteiger partial charge in [-0.15, -0.1) is 0 Å². The molecule has 0 unspecified atom stereocenters. The maximum absolute atomic E-state index is 10.8. The van der Waals surface area contributed by atoms with E-state index in [0.717, 1.165) is 12.0 Å². The number of ether oxygens (including phenoxy) is 1. The van der Waals surface area contributed by atoms with E-state index in [1.54, 1.807) is 13.0 Å². The lowest BCUT2D eigenvalue weighted by molar-refractivity contribution is -0.385. The molecule has 2 aromatic rings. The van der Waals surface area contributed by atoms with Crippen LogP contribution in [-0.2, 0) is 6.42 Å². The molecule has 0 spiro atoms. The van der Waals surface area contributed by atoms with Gasteiger partial charge in [0.15, 0.2) is 0 Å². The van der Waals surface area contributed by atoms with E-state index < -0.39 is 4.92 Å². The predicted octanol–water partition coefficient (Wildman–Crippen LogP) is 4.09. The number of aromatic nitrogens is 2. The number of rotatable bonds is 5. The third kappa shape index (κ3) is 3.46. The highest BCUT2D eigenvalue weighted by Crippen LogP contribution is 2.30. The molecule has 0 aliphatic heterocycles. The summed E-state index contributed by atoms with van der Waals surface area (Å²) in [5, 5.41) is 11.2. The molecule has 21 heavy (non-hydrogen) atoms. The first-order valence-corrected chi connectivity index (χ1v) is 6.83. The van der Waals surface area contributed by atoms with Crippen molar-refractivity contribution in [2.45, 2.75) is 26.7 Å². The first-order chi connectivity index (χ1) is 10.0. The third-order valence-corrected chi connectivity index (χ3v) is 3.26. The number of aryl methyl sites for hydroxylation is 1. The molecule has 0 amide bonds. The van der Waals surface area contributed by atoms with E-state index in [1.807, 2.05) is 6.92 Å². The highest BCUT2D eigenvalue weighted by Gasteiger charge is 2.14. The molecule has 0 radical (unpaired) electrons. The Kier molecular flexibility index (Phi) is 4.70. The quantitative estimate of drug-likeness (QED) is 0.472. The van der Waals surface area contributed by atoms with E-state index in [4.69, 9.17) is 16.3 Å². The summed E-state index contributed by atoms with van der Waals surface area (Å²) in [6.07, 6.45) is 2.90. The summed E-state index contributed by atoms with van der Waals surface area (Å²) in [6.45, 7) is 3.67. The lowest BCUT2D eigenvalue weighted by Crippen LogP contribution is -1.98. The number of hydrogen-bond acceptors (Lipinski definition) is 5. The second-order valence-corrected chi connectivity index (χ2v) is 4.86. The van der Waals surface area contributed by atoms with Gasteiger partial charge < -0.3 is 4.74 Å². The molecule has 0 aliphatic carbocycles. The summed E-state index contributed by atoms with van der Waals surface area (Å²) >= 11 is 6.05. The molecule has 0 saturated carbocycles. The van der Waals surface area contributed by atoms with Gasteiger partial charge in [-0.3, -0.25) is 10.1 Å². The zero-order chi connectivity index (χ0) is 15.4. The van der Waals surface area contributed by atoms with Crippen LogP contribution < -0.4 is 4.74 Å². The highest BCUT2D eigenvalue weighted by molar-refractivity contribution is 6.30. The minimum atomic E-state index is -0.427. The molecule has 0 bridgehead atoms. The van der Waals surface area contributed by atoms with Gasteiger partial charge in [-0.1, -0.05) is 24.9 Å². The van der Waals surface area contributed by atoms with Crippen LogP contribution in [0.15, 0.2) is 24.5 Å². The number of nitro benzene ring substituents is 1. The molecule has 1 heterocycles. The normalized spacial score (nSPS) is 10.4. The Morgan fingerprint density at radius 1 is 1.38 bits per heavy atom. The zero-order valence-corrected chi connectivity index (χ0v) is 12.4. The number of nitrogens with zero attached hydrogens (tertiary/aromatic N) is 3. The van der Waals surface area contributed by atoms with Crippen molar-refractivity contribution in [3.8, 4) is 11.6 Å². The van der Waals surface area contributed by atoms with Gasteiger partial charge in [-0.05, 0) is 25.5 Å². The van der Waals surface area contributed by atoms with Crippen molar-refractivity contribution in [3.05, 3.63) is 50.9 Å². The maximum atomic E-state index is 10.8. The number of hydrogen-bond donors (Lipinski definition) is 0. The Hall–Kier alpha value is -2.21. The summed E-state index contributed by atoms with van der Waals surface area (Å²) in [4.78, 5) is 18.4. The minimum Gasteiger partial charge on any atom is -0.439 e. The van der Waals surface area contributed by atoms with Gasteiger partial charge in [-0.2, -0.15) is 0 Å². The summed E-state index contributed by atoms with van der Waals surface area (Å²) in [6, 6.07) is 4.55. The molecule has 6 nitrogen and oxygen atoms in total. The largest absolute Gasteiger partial charge is 0.439 e. The Bertz CT molecular complexity index is 677. The van der Waals surface area contributed by atoms with Gasteiger partial charge in [0, 0.05) is 11.6 Å². The van der Waals surface area contributed by atoms with Crippen molar-refractivity contribution in [1.82, 2.24) is 9.97 Å². The Morgan fingerprint density at radius 2 is 2.14 bits per heavy atom. The lowest BCUT2D eigenvalue weighted by Gasteiger charge is -2.10. The Labute approximate surface area is 126 Å². The van der Waals surface area contributed by atoms with Crippen molar-refractivity contribution in [2.24, 2.45) is 0 Å². The summed E-state index contributed by atoms with van der Waals surface area (Å²) < 4.78 is 5.70. The average Bonchev–Trinajstić information content (AvgIpc) is 2.42. The molecule has 110 valence electrons. The second kappa shape index (κ2) is 6.49. The molecule has 0 aliphatic rings. The van der Waals surface area contributed by atoms with Crippen LogP contribution in [0.5, 0.6) is 11.6 Å². The predicted molar refractivity (Wildman–Crippen MR) is 78.9 cm³/mol. The van der Waals surface area contributed by atoms with E-state index in [-0.39, 0.29) is 5.69 Å². The first-order valence-electron chi connectivity index (χ1n) is 6.45. The minimum absolute atomic E-state index is 0.0526. The summed E-state index contributed by atoms with van der Waals surface area (Å²) in [7, 11) is 0. The fourth-order valence-corrected chi connectivity index (χ4v) is 2.15. The number of halogens is 1. The van der Waals surface area contributed by atoms with Crippen LogP contribution in [-0.4, -0.2) is 14.9 Å². The lowest BCUT2D eigenvalue weighted by atomic mass is 10.2. The fourth-order valence-electron chi connectivity index (χ4n) is 1.93. The van der Waals surface area contributed by atoms with Gasteiger partial charge in [0.05, 0.1) is 10.5 Å². The van der Waals surface area contributed by atoms with Crippen molar-refractivity contribution < 1.29 is 9.66 Å². The zero-order valence-electron chi connectivity index (χ0n) is 11.7. The highest BCUT2D eigenvalue weighted by atomic mass is 35.5. The van der Waals surface area contributed by atoms with E-state index in [1.165, 1.54) is 18.5 Å². The van der Waals surface area contributed by atoms with E-state index in [0.29, 0.717) is 28.8 Å². The van der Waals surface area contributed by atoms with Crippen LogP contribution in [0.2, 0.25) is 5.15 Å². The molecule has 1 aromatic carbocycles. The molecule has 7 heteroatoms. The maximum Gasteiger partial charge on any atom is 0.272 e. The third-order valence-electron chi connectivity index (χ3n) is 2.93. The Balaban J connectivity index is 2.32. The summed E-state index contributed by atoms with van der Waals surface area (Å²) in [5.41, 5.74) is 1.31. The number of nitro groups is 1. The van der Waals surface area contributed by atoms with E-state index >= 15 is 0 Å². The van der Waals surface area contributed by atoms with Crippen LogP contribution in [0.25, 0.3) is 0 Å². The standard InChI is InChI=1S/C14H14ClN3O3/c1-3-4-11-13(15)16-8-17-14(11)21-10-5-6-12(18(19)20)9(2)7-10/h5-8H,3-4H2,1-2H3. The van der Waals surface area contributed by atoms with Gasteiger partial charge in [0.25, 0.3) is 5.69 Å². The Morgan fingerprint density at radius 3 is 2.76 bits per heavy atom.